The zero-order valence-electron chi connectivity index (χ0n) is 23.8. The van der Waals surface area contributed by atoms with Crippen LogP contribution in [0.5, 0.6) is 11.5 Å². The monoisotopic (exact) mass is 560 g/mol. The zero-order valence-corrected chi connectivity index (χ0v) is 23.8. The number of fused-ring (bicyclic) bond motifs is 8. The first-order valence-electron chi connectivity index (χ1n) is 15.1. The SMILES string of the molecule is B1c2cccc3c2N(c2ccccc2O3)c2cc(-c3ccccc3)cc(-c3cccc4c3[nH]c3cc5ccccc5cc34)c21. The van der Waals surface area contributed by atoms with Crippen LogP contribution in [0.1, 0.15) is 0 Å². The van der Waals surface area contributed by atoms with Crippen molar-refractivity contribution in [3.8, 4) is 33.8 Å². The van der Waals surface area contributed by atoms with E-state index in [2.05, 4.69) is 143 Å². The molecule has 204 valence electrons. The summed E-state index contributed by atoms with van der Waals surface area (Å²) in [5.41, 5.74) is 13.2. The highest BCUT2D eigenvalue weighted by molar-refractivity contribution is 6.73. The molecule has 7 aromatic carbocycles. The molecule has 0 radical (unpaired) electrons. The maximum atomic E-state index is 6.45. The highest BCUT2D eigenvalue weighted by Gasteiger charge is 2.35. The van der Waals surface area contributed by atoms with Gasteiger partial charge in [0.05, 0.1) is 16.9 Å². The molecule has 0 spiro atoms. The number of H-pyrrole nitrogens is 1. The molecule has 1 aromatic heterocycles. The quantitative estimate of drug-likeness (QED) is 0.214. The molecular formula is C40H25BN2O. The molecule has 0 bridgehead atoms. The van der Waals surface area contributed by atoms with E-state index in [1.807, 2.05) is 6.07 Å². The number of aromatic amines is 1. The minimum atomic E-state index is 0.825. The molecule has 4 heteroatoms. The summed E-state index contributed by atoms with van der Waals surface area (Å²) in [6.07, 6.45) is 0. The van der Waals surface area contributed by atoms with Gasteiger partial charge in [0.15, 0.2) is 18.8 Å². The molecule has 0 aliphatic carbocycles. The summed E-state index contributed by atoms with van der Waals surface area (Å²) in [7, 11) is 0.825. The van der Waals surface area contributed by atoms with Gasteiger partial charge in [-0.3, -0.25) is 0 Å². The number of rotatable bonds is 2. The van der Waals surface area contributed by atoms with Crippen molar-refractivity contribution in [2.24, 2.45) is 0 Å². The number of hydrogen-bond acceptors (Lipinski definition) is 2. The second kappa shape index (κ2) is 8.89. The molecule has 1 N–H and O–H groups in total. The van der Waals surface area contributed by atoms with Gasteiger partial charge in [-0.1, -0.05) is 103 Å². The third kappa shape index (κ3) is 3.34. The zero-order chi connectivity index (χ0) is 28.8. The molecule has 2 aliphatic heterocycles. The number of nitrogens with one attached hydrogen (secondary N) is 1. The molecule has 0 amide bonds. The van der Waals surface area contributed by atoms with E-state index in [9.17, 15) is 0 Å². The fraction of sp³-hybridized carbons (Fsp3) is 0. The van der Waals surface area contributed by atoms with Gasteiger partial charge in [0, 0.05) is 27.5 Å². The number of hydrogen-bond donors (Lipinski definition) is 1. The largest absolute Gasteiger partial charge is 0.453 e. The van der Waals surface area contributed by atoms with Crippen LogP contribution in [0.2, 0.25) is 0 Å². The van der Waals surface area contributed by atoms with E-state index in [0.717, 1.165) is 35.7 Å². The summed E-state index contributed by atoms with van der Waals surface area (Å²) in [5.74, 6) is 1.78. The van der Waals surface area contributed by atoms with Gasteiger partial charge in [0.1, 0.15) is 0 Å². The number of para-hydroxylation sites is 4. The Morgan fingerprint density at radius 3 is 2.23 bits per heavy atom. The lowest BCUT2D eigenvalue weighted by molar-refractivity contribution is 0.477. The van der Waals surface area contributed by atoms with Crippen molar-refractivity contribution < 1.29 is 4.74 Å². The Hall–Kier alpha value is -5.74. The molecule has 8 aromatic rings. The van der Waals surface area contributed by atoms with Gasteiger partial charge in [0.25, 0.3) is 0 Å². The predicted molar refractivity (Wildman–Crippen MR) is 185 cm³/mol. The van der Waals surface area contributed by atoms with Crippen LogP contribution in [0.4, 0.5) is 17.1 Å². The van der Waals surface area contributed by atoms with E-state index in [0.29, 0.717) is 0 Å². The number of aromatic nitrogens is 1. The second-order valence-electron chi connectivity index (χ2n) is 11.8. The van der Waals surface area contributed by atoms with Gasteiger partial charge in [-0.15, -0.1) is 0 Å². The Morgan fingerprint density at radius 2 is 1.32 bits per heavy atom. The average Bonchev–Trinajstić information content (AvgIpc) is 3.44. The van der Waals surface area contributed by atoms with Crippen LogP contribution in [0.3, 0.4) is 0 Å². The van der Waals surface area contributed by atoms with Gasteiger partial charge in [0.2, 0.25) is 0 Å². The number of anilines is 3. The van der Waals surface area contributed by atoms with Gasteiger partial charge >= 0.3 is 0 Å². The van der Waals surface area contributed by atoms with Crippen LogP contribution in [-0.2, 0) is 0 Å². The molecule has 0 fully saturated rings. The Balaban J connectivity index is 1.30. The molecule has 0 atom stereocenters. The number of nitrogens with zero attached hydrogens (tertiary/aromatic N) is 1. The molecule has 0 unspecified atom stereocenters. The maximum absolute atomic E-state index is 6.45. The van der Waals surface area contributed by atoms with E-state index >= 15 is 0 Å². The van der Waals surface area contributed by atoms with Crippen molar-refractivity contribution in [2.75, 3.05) is 4.90 Å². The summed E-state index contributed by atoms with van der Waals surface area (Å²) in [5, 5.41) is 5.01. The number of benzene rings is 7. The van der Waals surface area contributed by atoms with Crippen molar-refractivity contribution in [2.45, 2.75) is 0 Å². The van der Waals surface area contributed by atoms with Gasteiger partial charge in [-0.25, -0.2) is 0 Å². The fourth-order valence-electron chi connectivity index (χ4n) is 7.37. The van der Waals surface area contributed by atoms with Crippen molar-refractivity contribution in [1.29, 1.82) is 0 Å². The minimum absolute atomic E-state index is 0.825. The van der Waals surface area contributed by atoms with Gasteiger partial charge < -0.3 is 14.6 Å². The predicted octanol–water partition coefficient (Wildman–Crippen LogP) is 9.08. The minimum Gasteiger partial charge on any atom is -0.453 e. The molecule has 2 aliphatic rings. The Kier molecular flexibility index (Phi) is 4.80. The Labute approximate surface area is 255 Å². The summed E-state index contributed by atoms with van der Waals surface area (Å²) < 4.78 is 6.45. The molecule has 10 rings (SSSR count). The Bertz CT molecular complexity index is 2460. The maximum Gasteiger partial charge on any atom is 0.198 e. The standard InChI is InChI=1S/C40H25BN2O/c1-2-10-24(11-3-1)27-21-31(29-15-8-14-28-30-20-25-12-4-5-13-26(25)22-33(30)42-39(28)29)38-35(23-27)43-34-17-6-7-18-36(34)44-37-19-9-16-32(41-38)40(37)43/h1-23,41-42H. The summed E-state index contributed by atoms with van der Waals surface area (Å²) in [6.45, 7) is 0. The van der Waals surface area contributed by atoms with E-state index in [1.54, 1.807) is 0 Å². The fourth-order valence-corrected chi connectivity index (χ4v) is 7.37. The van der Waals surface area contributed by atoms with E-state index in [4.69, 9.17) is 4.74 Å². The normalized spacial score (nSPS) is 12.9. The van der Waals surface area contributed by atoms with Gasteiger partial charge in [-0.2, -0.15) is 0 Å². The lowest BCUT2D eigenvalue weighted by Gasteiger charge is -2.39. The van der Waals surface area contributed by atoms with E-state index in [-0.39, 0.29) is 0 Å². The van der Waals surface area contributed by atoms with Crippen LogP contribution < -0.4 is 20.6 Å². The Morgan fingerprint density at radius 1 is 0.545 bits per heavy atom. The molecule has 0 saturated heterocycles. The lowest BCUT2D eigenvalue weighted by Crippen LogP contribution is -2.42. The van der Waals surface area contributed by atoms with E-state index < -0.39 is 0 Å². The van der Waals surface area contributed by atoms with Crippen molar-refractivity contribution in [1.82, 2.24) is 4.98 Å². The molecule has 0 saturated carbocycles. The molecule has 3 nitrogen and oxygen atoms in total. The number of ether oxygens (including phenoxy) is 1. The van der Waals surface area contributed by atoms with Crippen LogP contribution >= 0.6 is 0 Å². The first-order chi connectivity index (χ1) is 21.8. The van der Waals surface area contributed by atoms with Crippen LogP contribution in [0.15, 0.2) is 140 Å². The van der Waals surface area contributed by atoms with Crippen molar-refractivity contribution in [3.05, 3.63) is 140 Å². The molecule has 44 heavy (non-hydrogen) atoms. The van der Waals surface area contributed by atoms with E-state index in [1.165, 1.54) is 65.9 Å². The van der Waals surface area contributed by atoms with Crippen LogP contribution in [0, 0.1) is 0 Å². The summed E-state index contributed by atoms with van der Waals surface area (Å²) >= 11 is 0. The third-order valence-corrected chi connectivity index (χ3v) is 9.36. The molecular weight excluding hydrogens is 535 g/mol. The first-order valence-corrected chi connectivity index (χ1v) is 15.1. The smallest absolute Gasteiger partial charge is 0.198 e. The topological polar surface area (TPSA) is 28.3 Å². The van der Waals surface area contributed by atoms with Crippen molar-refractivity contribution >= 4 is 67.8 Å². The van der Waals surface area contributed by atoms with Gasteiger partial charge in [-0.05, 0) is 75.4 Å². The first kappa shape index (κ1) is 23.8. The van der Waals surface area contributed by atoms with Crippen molar-refractivity contribution in [3.63, 3.8) is 0 Å². The average molecular weight is 560 g/mol. The van der Waals surface area contributed by atoms with Crippen LogP contribution in [-0.4, -0.2) is 12.3 Å². The highest BCUT2D eigenvalue weighted by atomic mass is 16.5. The lowest BCUT2D eigenvalue weighted by atomic mass is 9.57. The summed E-state index contributed by atoms with van der Waals surface area (Å²) in [6, 6.07) is 50.3. The third-order valence-electron chi connectivity index (χ3n) is 9.36. The summed E-state index contributed by atoms with van der Waals surface area (Å²) in [4.78, 5) is 6.28. The second-order valence-corrected chi connectivity index (χ2v) is 11.8. The highest BCUT2D eigenvalue weighted by Crippen LogP contribution is 2.51. The van der Waals surface area contributed by atoms with Crippen LogP contribution in [0.25, 0.3) is 54.8 Å². The molecule has 3 heterocycles.